The maximum Gasteiger partial charge on any atom is 0.277 e. The highest BCUT2D eigenvalue weighted by Gasteiger charge is 2.43. The highest BCUT2D eigenvalue weighted by Crippen LogP contribution is 2.45. The minimum Gasteiger partial charge on any atom is -0.295 e. The van der Waals surface area contributed by atoms with E-state index in [2.05, 4.69) is 10.2 Å². The second-order valence-corrected chi connectivity index (χ2v) is 7.24. The molecule has 4 aromatic rings. The highest BCUT2D eigenvalue weighted by atomic mass is 35.5. The first-order valence-electron chi connectivity index (χ1n) is 9.12. The van der Waals surface area contributed by atoms with Gasteiger partial charge in [0.2, 0.25) is 0 Å². The molecule has 0 spiro atoms. The Kier molecular flexibility index (Phi) is 4.18. The number of halogens is 2. The van der Waals surface area contributed by atoms with E-state index in [1.54, 1.807) is 47.4 Å². The molecule has 1 aliphatic heterocycles. The number of fused-ring (bicyclic) bond motifs is 1. The SMILES string of the molecule is O=C1c2[nH]nc(-c3ccccc3)c2[C@@H](c2ccccc2F)N1c1ccc(Cl)cc1. The van der Waals surface area contributed by atoms with Crippen LogP contribution in [0.1, 0.15) is 27.7 Å². The summed E-state index contributed by atoms with van der Waals surface area (Å²) >= 11 is 6.03. The molecule has 4 nitrogen and oxygen atoms in total. The molecular weight excluding hydrogens is 389 g/mol. The van der Waals surface area contributed by atoms with Crippen molar-refractivity contribution in [2.24, 2.45) is 0 Å². The molecule has 0 radical (unpaired) electrons. The van der Waals surface area contributed by atoms with Gasteiger partial charge in [0.05, 0.1) is 11.7 Å². The van der Waals surface area contributed by atoms with E-state index in [-0.39, 0.29) is 11.7 Å². The van der Waals surface area contributed by atoms with E-state index in [1.165, 1.54) is 6.07 Å². The van der Waals surface area contributed by atoms with Crippen LogP contribution in [0.3, 0.4) is 0 Å². The third-order valence-corrected chi connectivity index (χ3v) is 5.37. The first-order valence-corrected chi connectivity index (χ1v) is 9.50. The number of carbonyl (C=O) groups is 1. The van der Waals surface area contributed by atoms with E-state index in [0.29, 0.717) is 33.2 Å². The summed E-state index contributed by atoms with van der Waals surface area (Å²) in [5.74, 6) is -0.636. The molecule has 142 valence electrons. The lowest BCUT2D eigenvalue weighted by atomic mass is 9.95. The van der Waals surface area contributed by atoms with Crippen molar-refractivity contribution in [3.05, 3.63) is 107 Å². The summed E-state index contributed by atoms with van der Waals surface area (Å²) < 4.78 is 14.9. The van der Waals surface area contributed by atoms with Crippen LogP contribution in [0.5, 0.6) is 0 Å². The van der Waals surface area contributed by atoms with Crippen LogP contribution in [0.25, 0.3) is 11.3 Å². The Balaban J connectivity index is 1.75. The van der Waals surface area contributed by atoms with Crippen LogP contribution in [-0.4, -0.2) is 16.1 Å². The third-order valence-electron chi connectivity index (χ3n) is 5.12. The standard InChI is InChI=1S/C23H15ClFN3O/c24-15-10-12-16(13-11-15)28-22(17-8-4-5-9-18(17)25)19-20(14-6-2-1-3-7-14)26-27-21(19)23(28)29/h1-13,22H,(H,26,27)/t22-/m1/s1. The number of nitrogens with one attached hydrogen (secondary N) is 1. The number of hydrogen-bond donors (Lipinski definition) is 1. The molecule has 5 rings (SSSR count). The number of aromatic nitrogens is 2. The highest BCUT2D eigenvalue weighted by molar-refractivity contribution is 6.30. The number of aromatic amines is 1. The van der Waals surface area contributed by atoms with Crippen LogP contribution in [0.4, 0.5) is 10.1 Å². The Morgan fingerprint density at radius 2 is 1.62 bits per heavy atom. The first-order chi connectivity index (χ1) is 14.1. The van der Waals surface area contributed by atoms with E-state index in [9.17, 15) is 9.18 Å². The van der Waals surface area contributed by atoms with Crippen molar-refractivity contribution in [1.82, 2.24) is 10.2 Å². The van der Waals surface area contributed by atoms with Gasteiger partial charge in [0.15, 0.2) is 0 Å². The Hall–Kier alpha value is -3.44. The molecular formula is C23H15ClFN3O. The average Bonchev–Trinajstić information content (AvgIpc) is 3.29. The number of anilines is 1. The van der Waals surface area contributed by atoms with Crippen LogP contribution in [0.2, 0.25) is 5.02 Å². The Bertz CT molecular complexity index is 1200. The molecule has 2 heterocycles. The molecule has 0 aliphatic carbocycles. The summed E-state index contributed by atoms with van der Waals surface area (Å²) in [5.41, 5.74) is 3.58. The van der Waals surface area contributed by atoms with Crippen molar-refractivity contribution in [2.45, 2.75) is 6.04 Å². The molecule has 0 saturated heterocycles. The maximum atomic E-state index is 14.9. The number of H-pyrrole nitrogens is 1. The quantitative estimate of drug-likeness (QED) is 0.482. The molecule has 3 aromatic carbocycles. The Morgan fingerprint density at radius 3 is 2.34 bits per heavy atom. The fourth-order valence-corrected chi connectivity index (χ4v) is 3.95. The molecule has 0 unspecified atom stereocenters. The lowest BCUT2D eigenvalue weighted by Gasteiger charge is -2.26. The van der Waals surface area contributed by atoms with Crippen molar-refractivity contribution in [3.63, 3.8) is 0 Å². The molecule has 29 heavy (non-hydrogen) atoms. The average molecular weight is 404 g/mol. The topological polar surface area (TPSA) is 49.0 Å². The smallest absolute Gasteiger partial charge is 0.277 e. The zero-order chi connectivity index (χ0) is 20.0. The molecule has 1 aromatic heterocycles. The van der Waals surface area contributed by atoms with E-state index >= 15 is 0 Å². The van der Waals surface area contributed by atoms with Crippen LogP contribution < -0.4 is 4.90 Å². The van der Waals surface area contributed by atoms with Crippen molar-refractivity contribution in [2.75, 3.05) is 4.90 Å². The Labute approximate surface area is 171 Å². The molecule has 1 aliphatic rings. The van der Waals surface area contributed by atoms with Gasteiger partial charge >= 0.3 is 0 Å². The van der Waals surface area contributed by atoms with Crippen LogP contribution in [0, 0.1) is 5.82 Å². The van der Waals surface area contributed by atoms with Gasteiger partial charge in [-0.05, 0) is 30.3 Å². The van der Waals surface area contributed by atoms with Gasteiger partial charge in [-0.25, -0.2) is 4.39 Å². The van der Waals surface area contributed by atoms with Crippen LogP contribution >= 0.6 is 11.6 Å². The number of amides is 1. The number of benzene rings is 3. The number of carbonyl (C=O) groups excluding carboxylic acids is 1. The fourth-order valence-electron chi connectivity index (χ4n) is 3.82. The lowest BCUT2D eigenvalue weighted by molar-refractivity contribution is 0.0988. The monoisotopic (exact) mass is 403 g/mol. The van der Waals surface area contributed by atoms with Gasteiger partial charge in [-0.2, -0.15) is 5.10 Å². The second-order valence-electron chi connectivity index (χ2n) is 6.80. The van der Waals surface area contributed by atoms with Gasteiger partial charge in [-0.15, -0.1) is 0 Å². The van der Waals surface area contributed by atoms with Crippen molar-refractivity contribution >= 4 is 23.2 Å². The van der Waals surface area contributed by atoms with E-state index in [1.807, 2.05) is 30.3 Å². The summed E-state index contributed by atoms with van der Waals surface area (Å²) in [7, 11) is 0. The third kappa shape index (κ3) is 2.82. The molecule has 6 heteroatoms. The summed E-state index contributed by atoms with van der Waals surface area (Å²) in [6, 6.07) is 22.4. The van der Waals surface area contributed by atoms with Gasteiger partial charge in [0.25, 0.3) is 5.91 Å². The van der Waals surface area contributed by atoms with E-state index in [4.69, 9.17) is 11.6 Å². The van der Waals surface area contributed by atoms with Crippen molar-refractivity contribution < 1.29 is 9.18 Å². The predicted octanol–water partition coefficient (Wildman–Crippen LogP) is 5.62. The summed E-state index contributed by atoms with van der Waals surface area (Å²) in [6.07, 6.45) is 0. The predicted molar refractivity (Wildman–Crippen MR) is 111 cm³/mol. The largest absolute Gasteiger partial charge is 0.295 e. The zero-order valence-electron chi connectivity index (χ0n) is 15.1. The molecule has 0 bridgehead atoms. The lowest BCUT2D eigenvalue weighted by Crippen LogP contribution is -2.29. The minimum atomic E-state index is -0.645. The molecule has 1 atom stereocenters. The van der Waals surface area contributed by atoms with Gasteiger partial charge in [-0.1, -0.05) is 60.1 Å². The summed E-state index contributed by atoms with van der Waals surface area (Å²) in [5, 5.41) is 7.83. The zero-order valence-corrected chi connectivity index (χ0v) is 15.9. The first kappa shape index (κ1) is 17.6. The number of rotatable bonds is 3. The van der Waals surface area contributed by atoms with Gasteiger partial charge in [0.1, 0.15) is 11.5 Å². The molecule has 0 fully saturated rings. The van der Waals surface area contributed by atoms with Crippen LogP contribution in [0.15, 0.2) is 78.9 Å². The van der Waals surface area contributed by atoms with E-state index in [0.717, 1.165) is 5.56 Å². The fraction of sp³-hybridized carbons (Fsp3) is 0.0435. The number of hydrogen-bond acceptors (Lipinski definition) is 2. The number of nitrogens with zero attached hydrogens (tertiary/aromatic N) is 2. The van der Waals surface area contributed by atoms with Crippen LogP contribution in [-0.2, 0) is 0 Å². The van der Waals surface area contributed by atoms with Gasteiger partial charge < -0.3 is 0 Å². The second kappa shape index (κ2) is 6.87. The Morgan fingerprint density at radius 1 is 0.931 bits per heavy atom. The molecule has 1 amide bonds. The van der Waals surface area contributed by atoms with Gasteiger partial charge in [0, 0.05) is 27.4 Å². The summed E-state index contributed by atoms with van der Waals surface area (Å²) in [4.78, 5) is 14.9. The molecule has 1 N–H and O–H groups in total. The van der Waals surface area contributed by atoms with E-state index < -0.39 is 6.04 Å². The van der Waals surface area contributed by atoms with Crippen molar-refractivity contribution in [3.8, 4) is 11.3 Å². The maximum absolute atomic E-state index is 14.9. The van der Waals surface area contributed by atoms with Crippen molar-refractivity contribution in [1.29, 1.82) is 0 Å². The normalized spacial score (nSPS) is 15.6. The summed E-state index contributed by atoms with van der Waals surface area (Å²) in [6.45, 7) is 0. The minimum absolute atomic E-state index is 0.259. The van der Waals surface area contributed by atoms with Gasteiger partial charge in [-0.3, -0.25) is 14.8 Å². The molecule has 0 saturated carbocycles.